The summed E-state index contributed by atoms with van der Waals surface area (Å²) in [6, 6.07) is 6.60. The lowest BCUT2D eigenvalue weighted by atomic mass is 9.96. The van der Waals surface area contributed by atoms with E-state index in [1.807, 2.05) is 0 Å². The van der Waals surface area contributed by atoms with E-state index in [2.05, 4.69) is 58.5 Å². The summed E-state index contributed by atoms with van der Waals surface area (Å²) < 4.78 is 0.0819. The predicted octanol–water partition coefficient (Wildman–Crippen LogP) is 3.55. The van der Waals surface area contributed by atoms with Crippen LogP contribution in [0.2, 0.25) is 0 Å². The summed E-state index contributed by atoms with van der Waals surface area (Å²) in [5.41, 5.74) is 4.12. The number of aryl methyl sites for hydroxylation is 2. The molecule has 72 valence electrons. The second kappa shape index (κ2) is 3.75. The third kappa shape index (κ3) is 3.43. The molecular formula is C12H18S. The molecule has 0 aliphatic rings. The largest absolute Gasteiger partial charge is 0.173 e. The van der Waals surface area contributed by atoms with E-state index in [9.17, 15) is 0 Å². The number of rotatable bonds is 2. The molecule has 0 nitrogen and oxygen atoms in total. The first-order valence-electron chi connectivity index (χ1n) is 4.67. The van der Waals surface area contributed by atoms with E-state index in [4.69, 9.17) is 0 Å². The van der Waals surface area contributed by atoms with E-state index in [1.165, 1.54) is 16.7 Å². The first-order chi connectivity index (χ1) is 5.88. The van der Waals surface area contributed by atoms with Gasteiger partial charge in [0, 0.05) is 4.75 Å². The van der Waals surface area contributed by atoms with E-state index in [1.54, 1.807) is 0 Å². The van der Waals surface area contributed by atoms with Crippen molar-refractivity contribution in [1.82, 2.24) is 0 Å². The zero-order valence-electron chi connectivity index (χ0n) is 8.89. The minimum absolute atomic E-state index is 0.0819. The normalized spacial score (nSPS) is 11.8. The molecule has 0 aliphatic heterocycles. The molecule has 0 aliphatic carbocycles. The molecule has 0 fully saturated rings. The quantitative estimate of drug-likeness (QED) is 0.684. The zero-order chi connectivity index (χ0) is 10.1. The fourth-order valence-electron chi connectivity index (χ4n) is 1.46. The fraction of sp³-hybridized carbons (Fsp3) is 0.500. The van der Waals surface area contributed by atoms with E-state index < -0.39 is 0 Å². The second-order valence-electron chi connectivity index (χ2n) is 4.42. The van der Waals surface area contributed by atoms with Crippen LogP contribution in [0, 0.1) is 13.8 Å². The van der Waals surface area contributed by atoms with Gasteiger partial charge in [0.05, 0.1) is 0 Å². The van der Waals surface area contributed by atoms with Crippen molar-refractivity contribution in [1.29, 1.82) is 0 Å². The molecule has 0 amide bonds. The van der Waals surface area contributed by atoms with Crippen LogP contribution in [0.4, 0.5) is 0 Å². The first kappa shape index (κ1) is 10.6. The van der Waals surface area contributed by atoms with Crippen LogP contribution in [0.3, 0.4) is 0 Å². The van der Waals surface area contributed by atoms with Gasteiger partial charge in [-0.05, 0) is 31.4 Å². The lowest BCUT2D eigenvalue weighted by Gasteiger charge is -2.19. The lowest BCUT2D eigenvalue weighted by Crippen LogP contribution is -2.15. The van der Waals surface area contributed by atoms with Crippen LogP contribution in [0.5, 0.6) is 0 Å². The molecular weight excluding hydrogens is 176 g/mol. The van der Waals surface area contributed by atoms with Gasteiger partial charge in [0.25, 0.3) is 0 Å². The van der Waals surface area contributed by atoms with Gasteiger partial charge in [-0.1, -0.05) is 37.6 Å². The SMILES string of the molecule is Cc1ccc(C)c(CC(C)(C)S)c1. The van der Waals surface area contributed by atoms with E-state index in [-0.39, 0.29) is 4.75 Å². The summed E-state index contributed by atoms with van der Waals surface area (Å²) in [5.74, 6) is 0. The summed E-state index contributed by atoms with van der Waals surface area (Å²) in [5, 5.41) is 0. The van der Waals surface area contributed by atoms with Crippen molar-refractivity contribution in [3.63, 3.8) is 0 Å². The molecule has 0 spiro atoms. The molecule has 0 saturated carbocycles. The molecule has 13 heavy (non-hydrogen) atoms. The van der Waals surface area contributed by atoms with Gasteiger partial charge in [0.2, 0.25) is 0 Å². The highest BCUT2D eigenvalue weighted by Crippen LogP contribution is 2.22. The molecule has 0 N–H and O–H groups in total. The Bertz CT molecular complexity index is 294. The van der Waals surface area contributed by atoms with Crippen molar-refractivity contribution in [2.75, 3.05) is 0 Å². The number of thiol groups is 1. The van der Waals surface area contributed by atoms with Crippen LogP contribution in [0.1, 0.15) is 30.5 Å². The number of hydrogen-bond donors (Lipinski definition) is 1. The van der Waals surface area contributed by atoms with Crippen molar-refractivity contribution >= 4 is 12.6 Å². The molecule has 1 aromatic rings. The van der Waals surface area contributed by atoms with E-state index in [0.717, 1.165) is 6.42 Å². The predicted molar refractivity (Wildman–Crippen MR) is 62.7 cm³/mol. The minimum atomic E-state index is 0.0819. The Hall–Kier alpha value is -0.430. The van der Waals surface area contributed by atoms with Gasteiger partial charge in [0.15, 0.2) is 0 Å². The highest BCUT2D eigenvalue weighted by molar-refractivity contribution is 7.81. The Labute approximate surface area is 86.8 Å². The average molecular weight is 194 g/mol. The Morgan fingerprint density at radius 2 is 1.85 bits per heavy atom. The highest BCUT2D eigenvalue weighted by Gasteiger charge is 2.13. The Morgan fingerprint density at radius 3 is 2.38 bits per heavy atom. The minimum Gasteiger partial charge on any atom is -0.173 e. The van der Waals surface area contributed by atoms with Gasteiger partial charge in [-0.25, -0.2) is 0 Å². The van der Waals surface area contributed by atoms with Crippen LogP contribution in [0.15, 0.2) is 18.2 Å². The summed E-state index contributed by atoms with van der Waals surface area (Å²) in [7, 11) is 0. The van der Waals surface area contributed by atoms with E-state index >= 15 is 0 Å². The van der Waals surface area contributed by atoms with Crippen LogP contribution in [0.25, 0.3) is 0 Å². The Balaban J connectivity index is 2.94. The van der Waals surface area contributed by atoms with Crippen molar-refractivity contribution in [2.45, 2.75) is 38.9 Å². The average Bonchev–Trinajstić information content (AvgIpc) is 1.94. The van der Waals surface area contributed by atoms with Crippen LogP contribution < -0.4 is 0 Å². The van der Waals surface area contributed by atoms with Gasteiger partial charge >= 0.3 is 0 Å². The molecule has 1 rings (SSSR count). The van der Waals surface area contributed by atoms with Crippen molar-refractivity contribution in [3.8, 4) is 0 Å². The molecule has 1 aromatic carbocycles. The number of benzene rings is 1. The van der Waals surface area contributed by atoms with Crippen LogP contribution >= 0.6 is 12.6 Å². The second-order valence-corrected chi connectivity index (χ2v) is 5.63. The molecule has 0 heterocycles. The smallest absolute Gasteiger partial charge is 0.0114 e. The van der Waals surface area contributed by atoms with Gasteiger partial charge in [0.1, 0.15) is 0 Å². The molecule has 0 atom stereocenters. The van der Waals surface area contributed by atoms with Crippen LogP contribution in [-0.2, 0) is 6.42 Å². The summed E-state index contributed by atoms with van der Waals surface area (Å²) in [6.07, 6.45) is 1.03. The zero-order valence-corrected chi connectivity index (χ0v) is 9.78. The molecule has 0 aromatic heterocycles. The standard InChI is InChI=1S/C12H18S/c1-9-5-6-10(2)11(7-9)8-12(3,4)13/h5-7,13H,8H2,1-4H3. The summed E-state index contributed by atoms with van der Waals surface area (Å²) in [4.78, 5) is 0. The Morgan fingerprint density at radius 1 is 1.23 bits per heavy atom. The van der Waals surface area contributed by atoms with Crippen molar-refractivity contribution in [3.05, 3.63) is 34.9 Å². The first-order valence-corrected chi connectivity index (χ1v) is 5.12. The molecule has 0 radical (unpaired) electrons. The van der Waals surface area contributed by atoms with Gasteiger partial charge in [-0.3, -0.25) is 0 Å². The van der Waals surface area contributed by atoms with Crippen molar-refractivity contribution < 1.29 is 0 Å². The molecule has 1 heteroatoms. The molecule has 0 saturated heterocycles. The monoisotopic (exact) mass is 194 g/mol. The van der Waals surface area contributed by atoms with Gasteiger partial charge in [-0.2, -0.15) is 12.6 Å². The summed E-state index contributed by atoms with van der Waals surface area (Å²) in [6.45, 7) is 8.60. The number of hydrogen-bond acceptors (Lipinski definition) is 1. The highest BCUT2D eigenvalue weighted by atomic mass is 32.1. The third-order valence-electron chi connectivity index (χ3n) is 2.13. The maximum absolute atomic E-state index is 4.55. The molecule has 0 unspecified atom stereocenters. The van der Waals surface area contributed by atoms with E-state index in [0.29, 0.717) is 0 Å². The van der Waals surface area contributed by atoms with Gasteiger partial charge in [-0.15, -0.1) is 0 Å². The molecule has 0 bridgehead atoms. The Kier molecular flexibility index (Phi) is 3.07. The van der Waals surface area contributed by atoms with Crippen molar-refractivity contribution in [2.24, 2.45) is 0 Å². The summed E-state index contributed by atoms with van der Waals surface area (Å²) >= 11 is 4.55. The fourth-order valence-corrected chi connectivity index (χ4v) is 1.63. The lowest BCUT2D eigenvalue weighted by molar-refractivity contribution is 0.711. The topological polar surface area (TPSA) is 0 Å². The maximum Gasteiger partial charge on any atom is 0.0114 e. The maximum atomic E-state index is 4.55. The van der Waals surface area contributed by atoms with Gasteiger partial charge < -0.3 is 0 Å². The third-order valence-corrected chi connectivity index (χ3v) is 2.29. The van der Waals surface area contributed by atoms with Crippen LogP contribution in [-0.4, -0.2) is 4.75 Å².